The molecule has 0 aliphatic rings. The summed E-state index contributed by atoms with van der Waals surface area (Å²) in [5.41, 5.74) is 2.84. The minimum absolute atomic E-state index is 0.137. The molecule has 0 fully saturated rings. The first kappa shape index (κ1) is 17.5. The monoisotopic (exact) mass is 340 g/mol. The van der Waals surface area contributed by atoms with Crippen LogP contribution < -0.4 is 10.2 Å². The number of halogens is 1. The van der Waals surface area contributed by atoms with Crippen molar-refractivity contribution in [3.63, 3.8) is 0 Å². The Hall–Kier alpha value is -0.540. The highest BCUT2D eigenvalue weighted by Crippen LogP contribution is 2.27. The molecule has 0 atom stereocenters. The number of nitrogens with zero attached hydrogens (tertiary/aromatic N) is 1. The van der Waals surface area contributed by atoms with Gasteiger partial charge in [0.25, 0.3) is 0 Å². The fraction of sp³-hybridized carbons (Fsp3) is 0.647. The lowest BCUT2D eigenvalue weighted by Gasteiger charge is -2.32. The lowest BCUT2D eigenvalue weighted by molar-refractivity contribution is 0.424. The second kappa shape index (κ2) is 7.46. The van der Waals surface area contributed by atoms with Crippen LogP contribution in [0.3, 0.4) is 0 Å². The van der Waals surface area contributed by atoms with Gasteiger partial charge in [-0.2, -0.15) is 0 Å². The van der Waals surface area contributed by atoms with E-state index in [0.29, 0.717) is 6.04 Å². The van der Waals surface area contributed by atoms with Gasteiger partial charge in [-0.1, -0.05) is 28.9 Å². The topological polar surface area (TPSA) is 15.3 Å². The smallest absolute Gasteiger partial charge is 0.0425 e. The molecule has 0 saturated heterocycles. The van der Waals surface area contributed by atoms with Crippen LogP contribution in [0.25, 0.3) is 0 Å². The molecule has 1 aromatic carbocycles. The highest BCUT2D eigenvalue weighted by atomic mass is 79.9. The predicted octanol–water partition coefficient (Wildman–Crippen LogP) is 4.96. The minimum Gasteiger partial charge on any atom is -0.369 e. The van der Waals surface area contributed by atoms with E-state index >= 15 is 0 Å². The molecule has 0 amide bonds. The molecule has 1 N–H and O–H groups in total. The molecule has 0 aliphatic carbocycles. The molecule has 114 valence electrons. The second-order valence-electron chi connectivity index (χ2n) is 6.66. The third-order valence-electron chi connectivity index (χ3n) is 3.25. The van der Waals surface area contributed by atoms with Gasteiger partial charge >= 0.3 is 0 Å². The highest BCUT2D eigenvalue weighted by Gasteiger charge is 2.16. The summed E-state index contributed by atoms with van der Waals surface area (Å²) in [6, 6.07) is 7.12. The van der Waals surface area contributed by atoms with Crippen LogP contribution in [0.15, 0.2) is 22.7 Å². The molecule has 0 aromatic heterocycles. The van der Waals surface area contributed by atoms with Crippen LogP contribution >= 0.6 is 15.9 Å². The summed E-state index contributed by atoms with van der Waals surface area (Å²) in [5, 5.41) is 3.59. The van der Waals surface area contributed by atoms with E-state index in [9.17, 15) is 0 Å². The van der Waals surface area contributed by atoms with Crippen LogP contribution in [0.2, 0.25) is 0 Å². The molecule has 3 heteroatoms. The van der Waals surface area contributed by atoms with Crippen molar-refractivity contribution in [1.82, 2.24) is 5.32 Å². The molecule has 1 rings (SSSR count). The Kier molecular flexibility index (Phi) is 6.53. The van der Waals surface area contributed by atoms with E-state index in [-0.39, 0.29) is 5.54 Å². The fourth-order valence-electron chi connectivity index (χ4n) is 2.21. The fourth-order valence-corrected chi connectivity index (χ4v) is 2.56. The third-order valence-corrected chi connectivity index (χ3v) is 3.75. The average Bonchev–Trinajstić information content (AvgIpc) is 2.33. The number of rotatable bonds is 6. The van der Waals surface area contributed by atoms with Gasteiger partial charge in [-0.25, -0.2) is 0 Å². The zero-order valence-electron chi connectivity index (χ0n) is 13.8. The molecule has 0 heterocycles. The molecule has 1 aromatic rings. The van der Waals surface area contributed by atoms with Gasteiger partial charge in [-0.05, 0) is 58.7 Å². The molecule has 0 radical (unpaired) electrons. The van der Waals surface area contributed by atoms with E-state index in [0.717, 1.165) is 24.0 Å². The summed E-state index contributed by atoms with van der Waals surface area (Å²) in [6.45, 7) is 15.4. The molecule has 0 bridgehead atoms. The lowest BCUT2D eigenvalue weighted by Crippen LogP contribution is -2.37. The van der Waals surface area contributed by atoms with E-state index in [1.807, 2.05) is 0 Å². The summed E-state index contributed by atoms with van der Waals surface area (Å²) in [4.78, 5) is 2.49. The maximum absolute atomic E-state index is 3.61. The van der Waals surface area contributed by atoms with Crippen molar-refractivity contribution in [3.8, 4) is 0 Å². The van der Waals surface area contributed by atoms with Crippen molar-refractivity contribution < 1.29 is 0 Å². The molecular formula is C17H29BrN2. The quantitative estimate of drug-likeness (QED) is 0.786. The van der Waals surface area contributed by atoms with Gasteiger partial charge in [0.2, 0.25) is 0 Å². The van der Waals surface area contributed by atoms with Gasteiger partial charge in [-0.15, -0.1) is 0 Å². The minimum atomic E-state index is 0.137. The number of anilines is 1. The van der Waals surface area contributed by atoms with Gasteiger partial charge < -0.3 is 10.2 Å². The highest BCUT2D eigenvalue weighted by molar-refractivity contribution is 9.10. The van der Waals surface area contributed by atoms with Gasteiger partial charge in [-0.3, -0.25) is 0 Å². The number of nitrogens with one attached hydrogen (secondary N) is 1. The Morgan fingerprint density at radius 3 is 2.40 bits per heavy atom. The second-order valence-corrected chi connectivity index (χ2v) is 7.58. The van der Waals surface area contributed by atoms with Crippen LogP contribution in [0.4, 0.5) is 5.69 Å². The zero-order chi connectivity index (χ0) is 15.3. The molecule has 0 spiro atoms. The first-order valence-corrected chi connectivity index (χ1v) is 8.34. The Labute approximate surface area is 133 Å². The van der Waals surface area contributed by atoms with Crippen molar-refractivity contribution in [2.75, 3.05) is 11.4 Å². The van der Waals surface area contributed by atoms with Gasteiger partial charge in [0.05, 0.1) is 0 Å². The van der Waals surface area contributed by atoms with Crippen LogP contribution in [0.5, 0.6) is 0 Å². The lowest BCUT2D eigenvalue weighted by atomic mass is 10.1. The Bertz CT molecular complexity index is 421. The van der Waals surface area contributed by atoms with E-state index in [4.69, 9.17) is 0 Å². The maximum atomic E-state index is 3.61. The number of hydrogen-bond donors (Lipinski definition) is 1. The van der Waals surface area contributed by atoms with Crippen molar-refractivity contribution in [3.05, 3.63) is 28.2 Å². The van der Waals surface area contributed by atoms with Crippen molar-refractivity contribution >= 4 is 21.6 Å². The van der Waals surface area contributed by atoms with Crippen LogP contribution in [0, 0.1) is 0 Å². The largest absolute Gasteiger partial charge is 0.369 e. The summed E-state index contributed by atoms with van der Waals surface area (Å²) in [7, 11) is 0. The first-order chi connectivity index (χ1) is 9.24. The molecule has 0 aliphatic heterocycles. The van der Waals surface area contributed by atoms with Crippen molar-refractivity contribution in [2.45, 2.75) is 66.1 Å². The zero-order valence-corrected chi connectivity index (χ0v) is 15.3. The van der Waals surface area contributed by atoms with E-state index in [2.05, 4.69) is 85.9 Å². The summed E-state index contributed by atoms with van der Waals surface area (Å²) in [5.74, 6) is 0. The third kappa shape index (κ3) is 5.45. The summed E-state index contributed by atoms with van der Waals surface area (Å²) >= 11 is 3.61. The van der Waals surface area contributed by atoms with Crippen molar-refractivity contribution in [1.29, 1.82) is 0 Å². The Morgan fingerprint density at radius 2 is 1.90 bits per heavy atom. The van der Waals surface area contributed by atoms with Gasteiger partial charge in [0.1, 0.15) is 0 Å². The van der Waals surface area contributed by atoms with Gasteiger partial charge in [0, 0.05) is 34.8 Å². The molecule has 0 saturated carbocycles. The average molecular weight is 341 g/mol. The van der Waals surface area contributed by atoms with Crippen LogP contribution in [-0.4, -0.2) is 18.1 Å². The SMILES string of the molecule is CCCN(c1cc(Br)ccc1CNC(C)(C)C)C(C)C. The summed E-state index contributed by atoms with van der Waals surface area (Å²) in [6.07, 6.45) is 1.16. The predicted molar refractivity (Wildman–Crippen MR) is 93.5 cm³/mol. The number of hydrogen-bond acceptors (Lipinski definition) is 2. The normalized spacial score (nSPS) is 12.0. The molecule has 2 nitrogen and oxygen atoms in total. The van der Waals surface area contributed by atoms with E-state index < -0.39 is 0 Å². The number of benzene rings is 1. The first-order valence-electron chi connectivity index (χ1n) is 7.54. The molecule has 20 heavy (non-hydrogen) atoms. The summed E-state index contributed by atoms with van der Waals surface area (Å²) < 4.78 is 1.15. The maximum Gasteiger partial charge on any atom is 0.0425 e. The van der Waals surface area contributed by atoms with E-state index in [1.165, 1.54) is 11.3 Å². The van der Waals surface area contributed by atoms with Crippen molar-refractivity contribution in [2.24, 2.45) is 0 Å². The Morgan fingerprint density at radius 1 is 1.25 bits per heavy atom. The van der Waals surface area contributed by atoms with Crippen LogP contribution in [0.1, 0.15) is 53.5 Å². The standard InChI is InChI=1S/C17H29BrN2/c1-7-10-20(13(2)3)16-11-15(18)9-8-14(16)12-19-17(4,5)6/h8-9,11,13,19H,7,10,12H2,1-6H3. The molecule has 0 unspecified atom stereocenters. The van der Waals surface area contributed by atoms with E-state index in [1.54, 1.807) is 0 Å². The molecular weight excluding hydrogens is 312 g/mol. The van der Waals surface area contributed by atoms with Gasteiger partial charge in [0.15, 0.2) is 0 Å². The van der Waals surface area contributed by atoms with Crippen LogP contribution in [-0.2, 0) is 6.54 Å². The Balaban J connectivity index is 3.05.